The lowest BCUT2D eigenvalue weighted by atomic mass is 10.2. The topological polar surface area (TPSA) is 132 Å². The van der Waals surface area contributed by atoms with E-state index in [1.165, 1.54) is 40.7 Å². The lowest BCUT2D eigenvalue weighted by Crippen LogP contribution is -2.31. The van der Waals surface area contributed by atoms with Crippen LogP contribution in [0.1, 0.15) is 19.4 Å². The van der Waals surface area contributed by atoms with Gasteiger partial charge in [0.2, 0.25) is 10.0 Å². The molecule has 0 aliphatic carbocycles. The molecule has 0 aliphatic heterocycles. The molecule has 2 N–H and O–H groups in total. The average Bonchev–Trinajstić information content (AvgIpc) is 2.67. The van der Waals surface area contributed by atoms with Crippen molar-refractivity contribution < 1.29 is 16.8 Å². The fourth-order valence-electron chi connectivity index (χ4n) is 2.21. The Morgan fingerprint density at radius 3 is 2.07 bits per heavy atom. The van der Waals surface area contributed by atoms with E-state index in [-0.39, 0.29) is 15.6 Å². The SMILES string of the molecule is CCN(CC)S(=O)(=O)c1ccc(NNS(=O)(=O)c2ccc(C#N)cc2)nc1. The first kappa shape index (κ1) is 20.8. The maximum atomic E-state index is 12.4. The number of pyridine rings is 1. The van der Waals surface area contributed by atoms with Crippen LogP contribution in [0, 0.1) is 11.3 Å². The van der Waals surface area contributed by atoms with Gasteiger partial charge >= 0.3 is 0 Å². The quantitative estimate of drug-likeness (QED) is 0.628. The van der Waals surface area contributed by atoms with Gasteiger partial charge in [0.15, 0.2) is 0 Å². The monoisotopic (exact) mass is 409 g/mol. The molecule has 0 atom stereocenters. The zero-order valence-corrected chi connectivity index (χ0v) is 16.4. The Morgan fingerprint density at radius 1 is 1.00 bits per heavy atom. The lowest BCUT2D eigenvalue weighted by Gasteiger charge is -2.18. The van der Waals surface area contributed by atoms with Crippen LogP contribution in [0.5, 0.6) is 0 Å². The first-order valence-corrected chi connectivity index (χ1v) is 10.9. The van der Waals surface area contributed by atoms with E-state index in [1.54, 1.807) is 13.8 Å². The molecule has 144 valence electrons. The van der Waals surface area contributed by atoms with Gasteiger partial charge in [0.1, 0.15) is 10.7 Å². The van der Waals surface area contributed by atoms with Gasteiger partial charge in [-0.05, 0) is 36.4 Å². The van der Waals surface area contributed by atoms with Crippen LogP contribution in [-0.4, -0.2) is 39.2 Å². The third-order valence-electron chi connectivity index (χ3n) is 3.69. The zero-order valence-electron chi connectivity index (χ0n) is 14.7. The molecule has 0 saturated carbocycles. The van der Waals surface area contributed by atoms with Crippen molar-refractivity contribution in [1.82, 2.24) is 14.1 Å². The van der Waals surface area contributed by atoms with Crippen LogP contribution < -0.4 is 10.3 Å². The maximum absolute atomic E-state index is 12.4. The summed E-state index contributed by atoms with van der Waals surface area (Å²) in [5.41, 5.74) is 2.77. The highest BCUT2D eigenvalue weighted by Crippen LogP contribution is 2.16. The highest BCUT2D eigenvalue weighted by atomic mass is 32.2. The smallest absolute Gasteiger partial charge is 0.257 e. The first-order chi connectivity index (χ1) is 12.7. The second-order valence-corrected chi connectivity index (χ2v) is 8.96. The molecule has 1 aromatic carbocycles. The van der Waals surface area contributed by atoms with E-state index in [4.69, 9.17) is 5.26 Å². The Balaban J connectivity index is 2.11. The number of hydrogen-bond acceptors (Lipinski definition) is 7. The van der Waals surface area contributed by atoms with Gasteiger partial charge < -0.3 is 0 Å². The van der Waals surface area contributed by atoms with Gasteiger partial charge in [0.25, 0.3) is 10.0 Å². The van der Waals surface area contributed by atoms with Crippen molar-refractivity contribution in [3.05, 3.63) is 48.2 Å². The van der Waals surface area contributed by atoms with Crippen molar-refractivity contribution in [2.24, 2.45) is 0 Å². The van der Waals surface area contributed by atoms with Crippen LogP contribution in [0.3, 0.4) is 0 Å². The standard InChI is InChI=1S/C16H19N5O4S2/c1-3-21(4-2)27(24,25)15-9-10-16(18-12-15)19-20-26(22,23)14-7-5-13(11-17)6-8-14/h5-10,12,20H,3-4H2,1-2H3,(H,18,19). The number of nitrogens with one attached hydrogen (secondary N) is 2. The second-order valence-electron chi connectivity index (χ2n) is 5.34. The minimum absolute atomic E-state index is 0.0201. The number of sulfonamides is 2. The lowest BCUT2D eigenvalue weighted by molar-refractivity contribution is 0.445. The fourth-order valence-corrected chi connectivity index (χ4v) is 4.46. The summed E-state index contributed by atoms with van der Waals surface area (Å²) in [5, 5.41) is 8.75. The Kier molecular flexibility index (Phi) is 6.50. The van der Waals surface area contributed by atoms with Gasteiger partial charge in [0, 0.05) is 19.3 Å². The summed E-state index contributed by atoms with van der Waals surface area (Å²) < 4.78 is 50.5. The summed E-state index contributed by atoms with van der Waals surface area (Å²) in [4.78, 5) is 6.07. The molecule has 27 heavy (non-hydrogen) atoms. The van der Waals surface area contributed by atoms with Crippen molar-refractivity contribution in [3.8, 4) is 6.07 Å². The number of rotatable bonds is 8. The van der Waals surface area contributed by atoms with Gasteiger partial charge in [-0.3, -0.25) is 5.43 Å². The van der Waals surface area contributed by atoms with E-state index in [1.807, 2.05) is 6.07 Å². The molecule has 1 aromatic heterocycles. The van der Waals surface area contributed by atoms with Crippen LogP contribution in [0.2, 0.25) is 0 Å². The maximum Gasteiger partial charge on any atom is 0.257 e. The van der Waals surface area contributed by atoms with Crippen LogP contribution in [0.4, 0.5) is 5.82 Å². The minimum atomic E-state index is -3.88. The molecule has 0 fully saturated rings. The molecular weight excluding hydrogens is 390 g/mol. The Bertz CT molecular complexity index is 1020. The number of anilines is 1. The van der Waals surface area contributed by atoms with Gasteiger partial charge in [-0.25, -0.2) is 21.8 Å². The number of benzene rings is 1. The van der Waals surface area contributed by atoms with Crippen molar-refractivity contribution in [2.45, 2.75) is 23.6 Å². The van der Waals surface area contributed by atoms with E-state index < -0.39 is 20.0 Å². The summed E-state index contributed by atoms with van der Waals surface area (Å²) >= 11 is 0. The molecule has 9 nitrogen and oxygen atoms in total. The van der Waals surface area contributed by atoms with Gasteiger partial charge in [-0.1, -0.05) is 13.8 Å². The van der Waals surface area contributed by atoms with Gasteiger partial charge in [-0.15, -0.1) is 4.83 Å². The molecule has 0 aliphatic rings. The average molecular weight is 409 g/mol. The summed E-state index contributed by atoms with van der Waals surface area (Å²) in [5.74, 6) is 0.130. The van der Waals surface area contributed by atoms with Crippen molar-refractivity contribution >= 4 is 25.9 Å². The van der Waals surface area contributed by atoms with E-state index in [0.717, 1.165) is 6.20 Å². The minimum Gasteiger partial charge on any atom is -0.292 e. The molecule has 0 unspecified atom stereocenters. The summed E-state index contributed by atoms with van der Waals surface area (Å²) in [6.07, 6.45) is 1.16. The van der Waals surface area contributed by atoms with E-state index in [9.17, 15) is 16.8 Å². The largest absolute Gasteiger partial charge is 0.292 e. The predicted octanol–water partition coefficient (Wildman–Crippen LogP) is 1.29. The molecule has 0 amide bonds. The summed E-state index contributed by atoms with van der Waals surface area (Å²) in [7, 11) is -7.51. The predicted molar refractivity (Wildman–Crippen MR) is 99.4 cm³/mol. The number of nitriles is 1. The molecule has 2 aromatic rings. The molecule has 11 heteroatoms. The van der Waals surface area contributed by atoms with E-state index in [2.05, 4.69) is 15.2 Å². The van der Waals surface area contributed by atoms with E-state index >= 15 is 0 Å². The van der Waals surface area contributed by atoms with Gasteiger partial charge in [-0.2, -0.15) is 9.57 Å². The van der Waals surface area contributed by atoms with Gasteiger partial charge in [0.05, 0.1) is 16.5 Å². The molecule has 0 radical (unpaired) electrons. The first-order valence-electron chi connectivity index (χ1n) is 7.98. The second kappa shape index (κ2) is 8.45. The van der Waals surface area contributed by atoms with Crippen LogP contribution >= 0.6 is 0 Å². The van der Waals surface area contributed by atoms with Crippen LogP contribution in [0.15, 0.2) is 52.4 Å². The Hall–Kier alpha value is -2.52. The number of aromatic nitrogens is 1. The number of hydrogen-bond donors (Lipinski definition) is 2. The highest BCUT2D eigenvalue weighted by Gasteiger charge is 2.22. The van der Waals surface area contributed by atoms with Crippen molar-refractivity contribution in [2.75, 3.05) is 18.5 Å². The van der Waals surface area contributed by atoms with Crippen LogP contribution in [-0.2, 0) is 20.0 Å². The number of nitrogens with zero attached hydrogens (tertiary/aromatic N) is 3. The normalized spacial score (nSPS) is 11.9. The fraction of sp³-hybridized carbons (Fsp3) is 0.250. The zero-order chi connectivity index (χ0) is 20.1. The van der Waals surface area contributed by atoms with Crippen LogP contribution in [0.25, 0.3) is 0 Å². The Morgan fingerprint density at radius 2 is 1.59 bits per heavy atom. The summed E-state index contributed by atoms with van der Waals surface area (Å²) in [6, 6.07) is 9.99. The molecule has 0 spiro atoms. The Labute approximate surface area is 158 Å². The molecule has 1 heterocycles. The molecular formula is C16H19N5O4S2. The third-order valence-corrected chi connectivity index (χ3v) is 6.98. The molecule has 2 rings (SSSR count). The van der Waals surface area contributed by atoms with Crippen molar-refractivity contribution in [3.63, 3.8) is 0 Å². The van der Waals surface area contributed by atoms with E-state index in [0.29, 0.717) is 18.7 Å². The number of hydrazine groups is 1. The van der Waals surface area contributed by atoms with Crippen molar-refractivity contribution in [1.29, 1.82) is 5.26 Å². The third kappa shape index (κ3) is 4.81. The molecule has 0 saturated heterocycles. The summed E-state index contributed by atoms with van der Waals surface area (Å²) in [6.45, 7) is 4.15. The molecule has 0 bridgehead atoms. The highest BCUT2D eigenvalue weighted by molar-refractivity contribution is 7.89.